The summed E-state index contributed by atoms with van der Waals surface area (Å²) in [5, 5.41) is 0. The number of rotatable bonds is 4. The van der Waals surface area contributed by atoms with Gasteiger partial charge in [-0.1, -0.05) is 32.0 Å². The van der Waals surface area contributed by atoms with Crippen molar-refractivity contribution in [3.8, 4) is 11.5 Å². The molecule has 2 aromatic rings. The lowest BCUT2D eigenvalue weighted by atomic mass is 10.0. The number of hydrogen-bond acceptors (Lipinski definition) is 4. The maximum absolute atomic E-state index is 12.7. The van der Waals surface area contributed by atoms with Crippen molar-refractivity contribution < 1.29 is 17.9 Å². The molecule has 0 amide bonds. The molecule has 0 atom stereocenters. The smallest absolute Gasteiger partial charge is 0.262 e. The van der Waals surface area contributed by atoms with E-state index < -0.39 is 10.0 Å². The monoisotopic (exact) mass is 333 g/mol. The van der Waals surface area contributed by atoms with E-state index in [1.54, 1.807) is 12.1 Å². The highest BCUT2D eigenvalue weighted by Crippen LogP contribution is 2.33. The predicted octanol–water partition coefficient (Wildman–Crippen LogP) is 3.38. The highest BCUT2D eigenvalue weighted by Gasteiger charge is 2.20. The number of hydrogen-bond donors (Lipinski definition) is 1. The molecule has 23 heavy (non-hydrogen) atoms. The standard InChI is InChI=1S/C17H19NO4S/c1-12(2)14-5-3-4-6-15(14)18-23(19,20)13-7-8-16-17(11-13)22-10-9-21-16/h3-8,11-12,18H,9-10H2,1-2H3. The second kappa shape index (κ2) is 6.12. The van der Waals surface area contributed by atoms with Crippen LogP contribution in [0.3, 0.4) is 0 Å². The third kappa shape index (κ3) is 3.27. The van der Waals surface area contributed by atoms with Crippen molar-refractivity contribution in [2.24, 2.45) is 0 Å². The molecular weight excluding hydrogens is 314 g/mol. The molecule has 0 bridgehead atoms. The van der Waals surface area contributed by atoms with Crippen molar-refractivity contribution in [3.63, 3.8) is 0 Å². The van der Waals surface area contributed by atoms with Crippen LogP contribution in [0, 0.1) is 0 Å². The molecule has 1 aliphatic rings. The Bertz CT molecular complexity index is 815. The Morgan fingerprint density at radius 1 is 1.00 bits per heavy atom. The van der Waals surface area contributed by atoms with Gasteiger partial charge >= 0.3 is 0 Å². The van der Waals surface area contributed by atoms with E-state index in [0.29, 0.717) is 30.4 Å². The molecule has 0 spiro atoms. The van der Waals surface area contributed by atoms with Crippen molar-refractivity contribution in [2.45, 2.75) is 24.7 Å². The Kier molecular flexibility index (Phi) is 4.17. The van der Waals surface area contributed by atoms with Gasteiger partial charge in [-0.15, -0.1) is 0 Å². The Labute approximate surface area is 136 Å². The zero-order valence-electron chi connectivity index (χ0n) is 13.1. The number of fused-ring (bicyclic) bond motifs is 1. The van der Waals surface area contributed by atoms with Crippen LogP contribution in [0.25, 0.3) is 0 Å². The summed E-state index contributed by atoms with van der Waals surface area (Å²) in [6.45, 7) is 4.94. The first kappa shape index (κ1) is 15.7. The number of anilines is 1. The molecule has 3 rings (SSSR count). The van der Waals surface area contributed by atoms with Gasteiger partial charge < -0.3 is 9.47 Å². The number of nitrogens with one attached hydrogen (secondary N) is 1. The van der Waals surface area contributed by atoms with Crippen molar-refractivity contribution in [1.29, 1.82) is 0 Å². The summed E-state index contributed by atoms with van der Waals surface area (Å²) in [5.41, 5.74) is 1.55. The van der Waals surface area contributed by atoms with Gasteiger partial charge in [0.1, 0.15) is 13.2 Å². The van der Waals surface area contributed by atoms with Crippen LogP contribution in [0.4, 0.5) is 5.69 Å². The second-order valence-electron chi connectivity index (χ2n) is 5.65. The van der Waals surface area contributed by atoms with Crippen molar-refractivity contribution in [3.05, 3.63) is 48.0 Å². The van der Waals surface area contributed by atoms with Crippen LogP contribution in [-0.2, 0) is 10.0 Å². The van der Waals surface area contributed by atoms with E-state index in [-0.39, 0.29) is 10.8 Å². The Morgan fingerprint density at radius 3 is 2.43 bits per heavy atom. The van der Waals surface area contributed by atoms with E-state index in [2.05, 4.69) is 4.72 Å². The van der Waals surface area contributed by atoms with Crippen LogP contribution in [0.2, 0.25) is 0 Å². The topological polar surface area (TPSA) is 64.6 Å². The molecule has 0 unspecified atom stereocenters. The molecular formula is C17H19NO4S. The Hall–Kier alpha value is -2.21. The fourth-order valence-corrected chi connectivity index (χ4v) is 3.59. The van der Waals surface area contributed by atoms with Crippen molar-refractivity contribution in [1.82, 2.24) is 0 Å². The molecule has 0 saturated carbocycles. The van der Waals surface area contributed by atoms with Gasteiger partial charge in [0.15, 0.2) is 11.5 Å². The molecule has 0 aromatic heterocycles. The fourth-order valence-electron chi connectivity index (χ4n) is 2.49. The van der Waals surface area contributed by atoms with Gasteiger partial charge in [0.25, 0.3) is 10.0 Å². The minimum absolute atomic E-state index is 0.153. The van der Waals surface area contributed by atoms with E-state index >= 15 is 0 Å². The van der Waals surface area contributed by atoms with Crippen LogP contribution in [0.5, 0.6) is 11.5 Å². The maximum atomic E-state index is 12.7. The molecule has 1 aliphatic heterocycles. The van der Waals surface area contributed by atoms with E-state index in [4.69, 9.17) is 9.47 Å². The number of ether oxygens (including phenoxy) is 2. The summed E-state index contributed by atoms with van der Waals surface area (Å²) in [7, 11) is -3.69. The van der Waals surface area contributed by atoms with Gasteiger partial charge in [-0.05, 0) is 29.7 Å². The van der Waals surface area contributed by atoms with Crippen LogP contribution in [0.1, 0.15) is 25.3 Å². The molecule has 5 nitrogen and oxygen atoms in total. The minimum Gasteiger partial charge on any atom is -0.486 e. The van der Waals surface area contributed by atoms with E-state index in [9.17, 15) is 8.42 Å². The van der Waals surface area contributed by atoms with E-state index in [1.165, 1.54) is 12.1 Å². The SMILES string of the molecule is CC(C)c1ccccc1NS(=O)(=O)c1ccc2c(c1)OCCO2. The Morgan fingerprint density at radius 2 is 1.70 bits per heavy atom. The Balaban J connectivity index is 1.94. The summed E-state index contributed by atoms with van der Waals surface area (Å²) in [4.78, 5) is 0.153. The molecule has 1 N–H and O–H groups in total. The first-order valence-electron chi connectivity index (χ1n) is 7.49. The lowest BCUT2D eigenvalue weighted by molar-refractivity contribution is 0.171. The second-order valence-corrected chi connectivity index (χ2v) is 7.34. The van der Waals surface area contributed by atoms with Gasteiger partial charge in [0.2, 0.25) is 0 Å². The zero-order chi connectivity index (χ0) is 16.4. The lowest BCUT2D eigenvalue weighted by Crippen LogP contribution is -2.18. The summed E-state index contributed by atoms with van der Waals surface area (Å²) >= 11 is 0. The first-order chi connectivity index (χ1) is 11.0. The van der Waals surface area contributed by atoms with E-state index in [0.717, 1.165) is 5.56 Å². The molecule has 0 aliphatic carbocycles. The average Bonchev–Trinajstić information content (AvgIpc) is 2.54. The van der Waals surface area contributed by atoms with Gasteiger partial charge in [-0.3, -0.25) is 4.72 Å². The van der Waals surface area contributed by atoms with Crippen molar-refractivity contribution >= 4 is 15.7 Å². The van der Waals surface area contributed by atoms with Gasteiger partial charge in [0, 0.05) is 6.07 Å². The molecule has 0 fully saturated rings. The molecule has 6 heteroatoms. The average molecular weight is 333 g/mol. The molecule has 2 aromatic carbocycles. The number of para-hydroxylation sites is 1. The summed E-state index contributed by atoms with van der Waals surface area (Å²) in [6, 6.07) is 12.0. The van der Waals surface area contributed by atoms with Crippen molar-refractivity contribution in [2.75, 3.05) is 17.9 Å². The summed E-state index contributed by atoms with van der Waals surface area (Å²) in [6.07, 6.45) is 0. The highest BCUT2D eigenvalue weighted by atomic mass is 32.2. The summed E-state index contributed by atoms with van der Waals surface area (Å²) in [5.74, 6) is 1.24. The van der Waals surface area contributed by atoms with Crippen LogP contribution in [-0.4, -0.2) is 21.6 Å². The molecule has 122 valence electrons. The van der Waals surface area contributed by atoms with Crippen LogP contribution in [0.15, 0.2) is 47.4 Å². The molecule has 0 radical (unpaired) electrons. The minimum atomic E-state index is -3.69. The highest BCUT2D eigenvalue weighted by molar-refractivity contribution is 7.92. The third-order valence-electron chi connectivity index (χ3n) is 3.65. The lowest BCUT2D eigenvalue weighted by Gasteiger charge is -2.19. The predicted molar refractivity (Wildman–Crippen MR) is 88.8 cm³/mol. The fraction of sp³-hybridized carbons (Fsp3) is 0.294. The van der Waals surface area contributed by atoms with Gasteiger partial charge in [-0.2, -0.15) is 0 Å². The normalized spacial score (nSPS) is 13.9. The zero-order valence-corrected chi connectivity index (χ0v) is 13.9. The maximum Gasteiger partial charge on any atom is 0.262 e. The van der Waals surface area contributed by atoms with Gasteiger partial charge in [0.05, 0.1) is 10.6 Å². The third-order valence-corrected chi connectivity index (χ3v) is 5.01. The first-order valence-corrected chi connectivity index (χ1v) is 8.97. The van der Waals surface area contributed by atoms with E-state index in [1.807, 2.05) is 32.0 Å². The quantitative estimate of drug-likeness (QED) is 0.931. The molecule has 0 saturated heterocycles. The summed E-state index contributed by atoms with van der Waals surface area (Å²) < 4.78 is 38.9. The molecule has 1 heterocycles. The number of sulfonamides is 1. The van der Waals surface area contributed by atoms with Gasteiger partial charge in [-0.25, -0.2) is 8.42 Å². The van der Waals surface area contributed by atoms with Crippen LogP contribution >= 0.6 is 0 Å². The largest absolute Gasteiger partial charge is 0.486 e. The van der Waals surface area contributed by atoms with Crippen LogP contribution < -0.4 is 14.2 Å². The number of benzene rings is 2.